The van der Waals surface area contributed by atoms with Gasteiger partial charge < -0.3 is 18.0 Å². The molecule has 0 saturated carbocycles. The monoisotopic (exact) mass is 290 g/mol. The second-order valence-corrected chi connectivity index (χ2v) is 6.06. The van der Waals surface area contributed by atoms with Gasteiger partial charge in [-0.05, 0) is 27.7 Å². The van der Waals surface area contributed by atoms with E-state index in [1.54, 1.807) is 12.2 Å². The Morgan fingerprint density at radius 2 is 1.26 bits per heavy atom. The van der Waals surface area contributed by atoms with Crippen LogP contribution in [0.5, 0.6) is 0 Å². The lowest BCUT2D eigenvalue weighted by Gasteiger charge is -2.27. The molecule has 0 aliphatic carbocycles. The van der Waals surface area contributed by atoms with Gasteiger partial charge in [-0.1, -0.05) is 12.2 Å². The van der Waals surface area contributed by atoms with Crippen molar-refractivity contribution in [2.24, 2.45) is 0 Å². The number of hydrogen-bond acceptors (Lipinski definition) is 4. The number of ether oxygens (including phenoxy) is 1. The van der Waals surface area contributed by atoms with Crippen molar-refractivity contribution in [3.8, 4) is 0 Å². The summed E-state index contributed by atoms with van der Waals surface area (Å²) in [5.41, 5.74) is 0. The zero-order valence-corrected chi connectivity index (χ0v) is 13.9. The highest BCUT2D eigenvalue weighted by Gasteiger charge is 2.38. The van der Waals surface area contributed by atoms with E-state index >= 15 is 0 Å². The van der Waals surface area contributed by atoms with Crippen molar-refractivity contribution in [1.82, 2.24) is 0 Å². The van der Waals surface area contributed by atoms with E-state index in [9.17, 15) is 0 Å². The van der Waals surface area contributed by atoms with Crippen LogP contribution in [0.1, 0.15) is 27.7 Å². The predicted octanol–water partition coefficient (Wildman–Crippen LogP) is 3.43. The fourth-order valence-corrected chi connectivity index (χ4v) is 3.62. The first-order valence-electron chi connectivity index (χ1n) is 6.87. The third kappa shape index (κ3) is 12.3. The van der Waals surface area contributed by atoms with Gasteiger partial charge >= 0.3 is 8.80 Å². The normalized spacial score (nSPS) is 10.5. The minimum Gasteiger partial charge on any atom is -0.378 e. The summed E-state index contributed by atoms with van der Waals surface area (Å²) in [4.78, 5) is 0. The number of hydrogen-bond donors (Lipinski definition) is 0. The van der Waals surface area contributed by atoms with Crippen molar-refractivity contribution in [2.75, 3.05) is 33.0 Å². The van der Waals surface area contributed by atoms with Crippen LogP contribution in [0.25, 0.3) is 0 Å². The molecule has 0 amide bonds. The fourth-order valence-electron chi connectivity index (χ4n) is 1.34. The van der Waals surface area contributed by atoms with Crippen molar-refractivity contribution in [3.05, 3.63) is 25.3 Å². The summed E-state index contributed by atoms with van der Waals surface area (Å²) in [6.07, 6.45) is 3.54. The van der Waals surface area contributed by atoms with Gasteiger partial charge in [-0.15, -0.1) is 13.2 Å². The Labute approximate surface area is 119 Å². The van der Waals surface area contributed by atoms with Crippen LogP contribution in [0.4, 0.5) is 0 Å². The third-order valence-corrected chi connectivity index (χ3v) is 4.90. The Kier molecular flexibility index (Phi) is 17.1. The van der Waals surface area contributed by atoms with E-state index in [4.69, 9.17) is 18.0 Å². The molecule has 0 rings (SSSR count). The summed E-state index contributed by atoms with van der Waals surface area (Å²) in [5.74, 6) is 0. The molecule has 0 heterocycles. The molecule has 0 atom stereocenters. The molecule has 0 bridgehead atoms. The van der Waals surface area contributed by atoms with Gasteiger partial charge in [-0.25, -0.2) is 0 Å². The highest BCUT2D eigenvalue weighted by Crippen LogP contribution is 2.15. The molecule has 0 radical (unpaired) electrons. The number of rotatable bonds is 11. The average Bonchev–Trinajstić information content (AvgIpc) is 2.38. The third-order valence-electron chi connectivity index (χ3n) is 1.93. The molecule has 0 spiro atoms. The fraction of sp³-hybridized carbons (Fsp3) is 0.714. The van der Waals surface area contributed by atoms with Gasteiger partial charge in [0.25, 0.3) is 0 Å². The lowest BCUT2D eigenvalue weighted by molar-refractivity contribution is 0.0743. The van der Waals surface area contributed by atoms with E-state index in [1.807, 2.05) is 27.7 Å². The summed E-state index contributed by atoms with van der Waals surface area (Å²) >= 11 is 0. The van der Waals surface area contributed by atoms with E-state index in [2.05, 4.69) is 13.2 Å². The van der Waals surface area contributed by atoms with E-state index in [0.29, 0.717) is 32.5 Å². The van der Waals surface area contributed by atoms with Crippen LogP contribution in [0.3, 0.4) is 0 Å². The molecule has 114 valence electrons. The van der Waals surface area contributed by atoms with E-state index in [0.717, 1.165) is 6.61 Å². The zero-order chi connectivity index (χ0) is 15.0. The Morgan fingerprint density at radius 3 is 1.47 bits per heavy atom. The van der Waals surface area contributed by atoms with Gasteiger partial charge in [0.1, 0.15) is 0 Å². The standard InChI is InChI=1S/C9H20O3Si.C5H10O/c1-5-9-13(10-6-2,11-7-3)12-8-4;1-3-5-6-4-2/h5H,1,6-9H2,2-4H3;3H,1,4-5H2,2H3. The molecular formula is C14H30O4Si. The van der Waals surface area contributed by atoms with Crippen LogP contribution in [0.15, 0.2) is 25.3 Å². The molecule has 5 heteroatoms. The minimum absolute atomic E-state index is 0.625. The second-order valence-electron chi connectivity index (χ2n) is 3.42. The molecule has 0 aliphatic heterocycles. The first kappa shape index (κ1) is 20.8. The van der Waals surface area contributed by atoms with Gasteiger partial charge in [0.15, 0.2) is 0 Å². The van der Waals surface area contributed by atoms with Crippen LogP contribution < -0.4 is 0 Å². The van der Waals surface area contributed by atoms with Gasteiger partial charge in [0.05, 0.1) is 6.61 Å². The minimum atomic E-state index is -2.41. The van der Waals surface area contributed by atoms with Crippen molar-refractivity contribution in [1.29, 1.82) is 0 Å². The molecule has 19 heavy (non-hydrogen) atoms. The second kappa shape index (κ2) is 15.6. The van der Waals surface area contributed by atoms with Gasteiger partial charge in [-0.2, -0.15) is 0 Å². The molecule has 0 fully saturated rings. The van der Waals surface area contributed by atoms with Crippen molar-refractivity contribution >= 4 is 8.80 Å². The van der Waals surface area contributed by atoms with Crippen LogP contribution in [0, 0.1) is 0 Å². The maximum Gasteiger partial charge on any atom is 0.504 e. The number of allylic oxidation sites excluding steroid dienone is 1. The summed E-state index contributed by atoms with van der Waals surface area (Å²) < 4.78 is 21.6. The van der Waals surface area contributed by atoms with Crippen LogP contribution in [-0.2, 0) is 18.0 Å². The molecule has 4 nitrogen and oxygen atoms in total. The van der Waals surface area contributed by atoms with Crippen molar-refractivity contribution in [3.63, 3.8) is 0 Å². The molecular weight excluding hydrogens is 260 g/mol. The van der Waals surface area contributed by atoms with E-state index in [-0.39, 0.29) is 0 Å². The summed E-state index contributed by atoms with van der Waals surface area (Å²) in [5, 5.41) is 0. The zero-order valence-electron chi connectivity index (χ0n) is 12.9. The summed E-state index contributed by atoms with van der Waals surface area (Å²) in [6, 6.07) is 0.683. The SMILES string of the molecule is C=CCOCC.C=CC[Si](OCC)(OCC)OCC. The first-order chi connectivity index (χ1) is 9.16. The Bertz CT molecular complexity index is 193. The van der Waals surface area contributed by atoms with Gasteiger partial charge in [-0.3, -0.25) is 0 Å². The van der Waals surface area contributed by atoms with Crippen LogP contribution in [-0.4, -0.2) is 41.8 Å². The smallest absolute Gasteiger partial charge is 0.378 e. The average molecular weight is 290 g/mol. The largest absolute Gasteiger partial charge is 0.504 e. The lowest BCUT2D eigenvalue weighted by atomic mass is 10.7. The molecule has 0 aromatic carbocycles. The van der Waals surface area contributed by atoms with E-state index < -0.39 is 8.80 Å². The summed E-state index contributed by atoms with van der Waals surface area (Å²) in [7, 11) is -2.41. The Morgan fingerprint density at radius 1 is 0.789 bits per heavy atom. The topological polar surface area (TPSA) is 36.9 Å². The first-order valence-corrected chi connectivity index (χ1v) is 8.80. The molecule has 0 aromatic rings. The maximum absolute atomic E-state index is 5.57. The quantitative estimate of drug-likeness (QED) is 0.332. The highest BCUT2D eigenvalue weighted by atomic mass is 28.4. The van der Waals surface area contributed by atoms with Crippen LogP contribution in [0.2, 0.25) is 6.04 Å². The molecule has 0 unspecified atom stereocenters. The van der Waals surface area contributed by atoms with Gasteiger partial charge in [0.2, 0.25) is 0 Å². The molecule has 0 aliphatic rings. The van der Waals surface area contributed by atoms with Crippen molar-refractivity contribution in [2.45, 2.75) is 33.7 Å². The predicted molar refractivity (Wildman–Crippen MR) is 82.3 cm³/mol. The van der Waals surface area contributed by atoms with E-state index in [1.165, 1.54) is 0 Å². The summed E-state index contributed by atoms with van der Waals surface area (Å²) in [6.45, 7) is 18.3. The molecule has 0 saturated heterocycles. The van der Waals surface area contributed by atoms with Crippen LogP contribution >= 0.6 is 0 Å². The van der Waals surface area contributed by atoms with Crippen molar-refractivity contribution < 1.29 is 18.0 Å². The molecule has 0 N–H and O–H groups in total. The Hall–Kier alpha value is -0.463. The molecule has 0 aromatic heterocycles. The highest BCUT2D eigenvalue weighted by molar-refractivity contribution is 6.61. The Balaban J connectivity index is 0. The lowest BCUT2D eigenvalue weighted by Crippen LogP contribution is -2.45. The van der Waals surface area contributed by atoms with Gasteiger partial charge in [0, 0.05) is 32.5 Å². The maximum atomic E-state index is 5.57.